The predicted octanol–water partition coefficient (Wildman–Crippen LogP) is 16.2. The van der Waals surface area contributed by atoms with E-state index in [9.17, 15) is 32.3 Å². The van der Waals surface area contributed by atoms with E-state index in [0.717, 1.165) is 11.6 Å². The second-order valence-electron chi connectivity index (χ2n) is 21.8. The van der Waals surface area contributed by atoms with Crippen molar-refractivity contribution in [2.24, 2.45) is 0 Å². The van der Waals surface area contributed by atoms with Crippen LogP contribution >= 0.6 is 58.0 Å². The molecule has 0 amide bonds. The summed E-state index contributed by atoms with van der Waals surface area (Å²) in [6.07, 6.45) is 3.74. The van der Waals surface area contributed by atoms with Gasteiger partial charge in [-0.2, -0.15) is 10.5 Å². The average Bonchev–Trinajstić information content (AvgIpc) is 1.61. The minimum Gasteiger partial charge on any atom is -0.463 e. The predicted molar refractivity (Wildman–Crippen MR) is 347 cm³/mol. The van der Waals surface area contributed by atoms with Crippen molar-refractivity contribution in [3.8, 4) is 58.0 Å². The highest BCUT2D eigenvalue weighted by Gasteiger charge is 2.42. The number of benzene rings is 4. The molecule has 0 radical (unpaired) electrons. The molecule has 4 aliphatic heterocycles. The van der Waals surface area contributed by atoms with Crippen LogP contribution in [0.5, 0.6) is 0 Å². The molecule has 4 aromatic carbocycles. The lowest BCUT2D eigenvalue weighted by Crippen LogP contribution is -2.06. The molecule has 4 unspecified atom stereocenters. The van der Waals surface area contributed by atoms with E-state index in [1.165, 1.54) is 49.3 Å². The average molecular weight is 1450 g/mol. The van der Waals surface area contributed by atoms with Crippen LogP contribution in [0.2, 0.25) is 26.2 Å². The maximum atomic E-state index is 14.2. The van der Waals surface area contributed by atoms with Crippen LogP contribution in [0.15, 0.2) is 176 Å². The fourth-order valence-corrected chi connectivity index (χ4v) is 12.0. The third kappa shape index (κ3) is 14.1. The molecule has 12 heterocycles. The van der Waals surface area contributed by atoms with Crippen molar-refractivity contribution in [1.29, 1.82) is 10.5 Å². The molecule has 4 atom stereocenters. The zero-order chi connectivity index (χ0) is 69.9. The quantitative estimate of drug-likeness (QED) is 0.0623. The molecule has 16 rings (SSSR count). The van der Waals surface area contributed by atoms with Crippen LogP contribution in [0.4, 0.5) is 13.2 Å². The van der Waals surface area contributed by atoms with Gasteiger partial charge in [0.1, 0.15) is 110 Å². The van der Waals surface area contributed by atoms with Gasteiger partial charge in [0, 0.05) is 30.7 Å². The summed E-state index contributed by atoms with van der Waals surface area (Å²) >= 11 is 29.8. The normalized spacial score (nSPS) is 15.7. The summed E-state index contributed by atoms with van der Waals surface area (Å²) in [6.45, 7) is 0. The van der Waals surface area contributed by atoms with Crippen LogP contribution in [0.1, 0.15) is 122 Å². The van der Waals surface area contributed by atoms with E-state index in [2.05, 4.69) is 45.9 Å². The van der Waals surface area contributed by atoms with Gasteiger partial charge < -0.3 is 36.6 Å². The van der Waals surface area contributed by atoms with E-state index < -0.39 is 59.9 Å². The van der Waals surface area contributed by atoms with Crippen molar-refractivity contribution in [2.75, 3.05) is 0 Å². The van der Waals surface area contributed by atoms with Gasteiger partial charge in [-0.25, -0.2) is 72.2 Å². The number of carbonyl (C=O) groups is 4. The number of esters is 4. The summed E-state index contributed by atoms with van der Waals surface area (Å²) in [7, 11) is 0. The number of fused-ring (bicyclic) bond motifs is 4. The van der Waals surface area contributed by atoms with Crippen molar-refractivity contribution in [1.82, 2.24) is 39.9 Å². The maximum Gasteiger partial charge on any atom is 0.343 e. The van der Waals surface area contributed by atoms with Crippen molar-refractivity contribution < 1.29 is 69.0 Å². The van der Waals surface area contributed by atoms with E-state index in [1.54, 1.807) is 91.0 Å². The van der Waals surface area contributed by atoms with E-state index in [4.69, 9.17) is 105 Å². The Balaban J connectivity index is 0.000000120. The van der Waals surface area contributed by atoms with Gasteiger partial charge in [0.2, 0.25) is 21.1 Å². The number of cyclic esters (lactones) is 4. The molecule has 0 saturated carbocycles. The topological polar surface area (TPSA) is 308 Å². The Morgan fingerprint density at radius 1 is 0.360 bits per heavy atom. The maximum absolute atomic E-state index is 14.2. The van der Waals surface area contributed by atoms with Gasteiger partial charge in [0.25, 0.3) is 0 Å². The van der Waals surface area contributed by atoms with Gasteiger partial charge in [-0.3, -0.25) is 0 Å². The highest BCUT2D eigenvalue weighted by molar-refractivity contribution is 6.31. The zero-order valence-corrected chi connectivity index (χ0v) is 54.3. The molecular formula is C70H38Cl5F3N10O12. The molecule has 496 valence electrons. The van der Waals surface area contributed by atoms with Crippen molar-refractivity contribution in [3.63, 3.8) is 0 Å². The SMILES string of the molecule is N#Cc1ccc(CC2OC(=O)c3c(-c4ccco4)nc(Cl)nc32)c(F)c1.N#Cc1ccc(CC2OC(=O)c3c(-c4ccco4)nc(Cl)nc32)cc1.O=C1OC(Cc2ccc(Cl)cc2F)c2nc(Cl)nc(-c3ccco3)c21.O=C1OC(Cc2ccccc2F)c2nc(Cl)nc(-c3ccco3)c21. The summed E-state index contributed by atoms with van der Waals surface area (Å²) in [5.74, 6) is -2.17. The van der Waals surface area contributed by atoms with Crippen LogP contribution in [0, 0.1) is 40.1 Å². The lowest BCUT2D eigenvalue weighted by atomic mass is 10.0. The molecule has 0 spiro atoms. The van der Waals surface area contributed by atoms with Gasteiger partial charge >= 0.3 is 23.9 Å². The summed E-state index contributed by atoms with van der Waals surface area (Å²) in [4.78, 5) is 82.3. The summed E-state index contributed by atoms with van der Waals surface area (Å²) in [5.41, 5.74) is 6.05. The van der Waals surface area contributed by atoms with Gasteiger partial charge in [0.05, 0.1) is 48.3 Å². The summed E-state index contributed by atoms with van der Waals surface area (Å²) in [5, 5.41) is 17.9. The Hall–Kier alpha value is -11.6. The van der Waals surface area contributed by atoms with E-state index in [1.807, 2.05) is 18.2 Å². The number of furan rings is 4. The molecule has 0 aliphatic carbocycles. The van der Waals surface area contributed by atoms with Crippen molar-refractivity contribution in [2.45, 2.75) is 50.1 Å². The molecule has 8 aromatic heterocycles. The molecule has 0 N–H and O–H groups in total. The minimum absolute atomic E-state index is 0.0216. The van der Waals surface area contributed by atoms with E-state index >= 15 is 0 Å². The zero-order valence-electron chi connectivity index (χ0n) is 50.5. The summed E-state index contributed by atoms with van der Waals surface area (Å²) in [6, 6.07) is 39.1. The molecule has 4 aliphatic rings. The molecule has 30 heteroatoms. The van der Waals surface area contributed by atoms with Gasteiger partial charge in [-0.15, -0.1) is 0 Å². The molecular weight excluding hydrogens is 1410 g/mol. The Bertz CT molecular complexity index is 5250. The van der Waals surface area contributed by atoms with Crippen LogP contribution in [0.3, 0.4) is 0 Å². The minimum atomic E-state index is -0.811. The second-order valence-corrected chi connectivity index (χ2v) is 23.5. The number of hydrogen-bond acceptors (Lipinski definition) is 22. The fourth-order valence-electron chi connectivity index (χ4n) is 11.1. The van der Waals surface area contributed by atoms with Crippen LogP contribution in [-0.4, -0.2) is 63.7 Å². The lowest BCUT2D eigenvalue weighted by molar-refractivity contribution is 0.0371. The molecule has 0 fully saturated rings. The molecule has 22 nitrogen and oxygen atoms in total. The molecule has 0 bridgehead atoms. The third-order valence-corrected chi connectivity index (χ3v) is 16.5. The van der Waals surface area contributed by atoms with Gasteiger partial charge in [0.15, 0.2) is 23.0 Å². The first-order chi connectivity index (χ1) is 48.4. The van der Waals surface area contributed by atoms with Crippen molar-refractivity contribution >= 4 is 81.9 Å². The lowest BCUT2D eigenvalue weighted by Gasteiger charge is -2.11. The van der Waals surface area contributed by atoms with Crippen LogP contribution < -0.4 is 0 Å². The number of hydrogen-bond donors (Lipinski definition) is 0. The van der Waals surface area contributed by atoms with Crippen LogP contribution in [-0.2, 0) is 44.6 Å². The Morgan fingerprint density at radius 2 is 0.690 bits per heavy atom. The first kappa shape index (κ1) is 67.0. The first-order valence-corrected chi connectivity index (χ1v) is 31.4. The number of nitriles is 2. The second kappa shape index (κ2) is 28.9. The number of ether oxygens (including phenoxy) is 4. The summed E-state index contributed by atoms with van der Waals surface area (Å²) < 4.78 is 85.0. The molecule has 12 aromatic rings. The van der Waals surface area contributed by atoms with Gasteiger partial charge in [-0.1, -0.05) is 54.1 Å². The van der Waals surface area contributed by atoms with Gasteiger partial charge in [-0.05, 0) is 160 Å². The van der Waals surface area contributed by atoms with E-state index in [-0.39, 0.29) is 102 Å². The Kier molecular flexibility index (Phi) is 19.3. The highest BCUT2D eigenvalue weighted by atomic mass is 35.5. The van der Waals surface area contributed by atoms with E-state index in [0.29, 0.717) is 74.5 Å². The van der Waals surface area contributed by atoms with Crippen molar-refractivity contribution in [3.05, 3.63) is 281 Å². The third-order valence-electron chi connectivity index (χ3n) is 15.6. The number of rotatable bonds is 12. The number of carbonyl (C=O) groups excluding carboxylic acids is 4. The standard InChI is InChI=1S/C18H9ClFN3O3.C18H10ClN3O3.C17H9Cl2FN2O3.C17H10ClFN2O3/c19-18-22-15(12-2-1-5-25-12)14-16(23-18)13(26-17(14)24)7-10-4-3-9(8-21)6-11(10)20;19-18-21-15(12-2-1-7-24-12)14-16(22-18)13(25-17(14)23)8-10-3-5-11(9-20)6-4-10;18-9-4-3-8(10(20)7-9)6-12-15-13(16(23)25-12)14(21-17(19)22-15)11-2-1-5-24-11;18-17-20-14(11-6-3-7-23-11)13-15(21-17)12(24-16(13)22)8-9-4-1-2-5-10(9)19/h1-6,13H,7H2;1-7,13H,8H2;1-5,7,12H,6H2;1-7,12H,8H2. The molecule has 100 heavy (non-hydrogen) atoms. The largest absolute Gasteiger partial charge is 0.463 e. The Labute approximate surface area is 586 Å². The highest BCUT2D eigenvalue weighted by Crippen LogP contribution is 2.43. The number of halogens is 8. The Morgan fingerprint density at radius 3 is 1.02 bits per heavy atom. The first-order valence-electron chi connectivity index (χ1n) is 29.5. The smallest absolute Gasteiger partial charge is 0.343 e. The molecule has 0 saturated heterocycles. The van der Waals surface area contributed by atoms with Crippen LogP contribution in [0.25, 0.3) is 45.8 Å². The monoisotopic (exact) mass is 1440 g/mol. The number of aromatic nitrogens is 8. The number of nitrogens with zero attached hydrogens (tertiary/aromatic N) is 10. The fraction of sp³-hybridized carbons (Fsp3) is 0.114.